The first-order valence-corrected chi connectivity index (χ1v) is 13.1. The van der Waals surface area contributed by atoms with Gasteiger partial charge in [-0.25, -0.2) is 4.39 Å². The molecule has 4 atom stereocenters. The summed E-state index contributed by atoms with van der Waals surface area (Å²) in [5.74, 6) is -0.981. The van der Waals surface area contributed by atoms with Crippen LogP contribution in [0.4, 0.5) is 17.6 Å². The van der Waals surface area contributed by atoms with Gasteiger partial charge in [0.1, 0.15) is 11.7 Å². The largest absolute Gasteiger partial charge is 0.433 e. The Hall–Kier alpha value is -3.27. The number of carbonyl (C=O) groups is 1. The number of esters is 1. The molecule has 1 saturated heterocycles. The lowest BCUT2D eigenvalue weighted by molar-refractivity contribution is -0.327. The van der Waals surface area contributed by atoms with Crippen LogP contribution in [-0.4, -0.2) is 49.5 Å². The molecule has 0 aliphatic carbocycles. The van der Waals surface area contributed by atoms with Crippen LogP contribution in [0.1, 0.15) is 43.4 Å². The maximum atomic E-state index is 15.6. The highest BCUT2D eigenvalue weighted by Crippen LogP contribution is 2.49. The number of unbranched alkanes of at least 4 members (excludes halogenated alkanes) is 1. The fraction of sp³-hybridized carbons (Fsp3) is 0.387. The van der Waals surface area contributed by atoms with Crippen molar-refractivity contribution in [2.75, 3.05) is 13.2 Å². The number of hydrogen-bond acceptors (Lipinski definition) is 5. The zero-order chi connectivity index (χ0) is 28.8. The van der Waals surface area contributed by atoms with Crippen molar-refractivity contribution in [3.05, 3.63) is 108 Å². The highest BCUT2D eigenvalue weighted by molar-refractivity contribution is 5.66. The predicted molar refractivity (Wildman–Crippen MR) is 140 cm³/mol. The van der Waals surface area contributed by atoms with Crippen LogP contribution in [0.5, 0.6) is 0 Å². The molecule has 1 unspecified atom stereocenters. The second-order valence-electron chi connectivity index (χ2n) is 9.64. The molecule has 0 aromatic heterocycles. The van der Waals surface area contributed by atoms with E-state index in [4.69, 9.17) is 18.9 Å². The van der Waals surface area contributed by atoms with E-state index in [1.165, 1.54) is 0 Å². The summed E-state index contributed by atoms with van der Waals surface area (Å²) in [5, 5.41) is 0. The molecule has 5 nitrogen and oxygen atoms in total. The molecule has 0 N–H and O–H groups in total. The van der Waals surface area contributed by atoms with Crippen molar-refractivity contribution >= 4 is 5.97 Å². The molecule has 0 spiro atoms. The molecule has 0 amide bonds. The van der Waals surface area contributed by atoms with Gasteiger partial charge in [0.25, 0.3) is 0 Å². The maximum Gasteiger partial charge on any atom is 0.422 e. The summed E-state index contributed by atoms with van der Waals surface area (Å²) >= 11 is 0. The quantitative estimate of drug-likeness (QED) is 0.113. The van der Waals surface area contributed by atoms with Crippen molar-refractivity contribution in [1.29, 1.82) is 0 Å². The molecule has 0 radical (unpaired) electrons. The zero-order valence-corrected chi connectivity index (χ0v) is 22.3. The van der Waals surface area contributed by atoms with Crippen LogP contribution in [0.15, 0.2) is 91.0 Å². The van der Waals surface area contributed by atoms with Gasteiger partial charge >= 0.3 is 12.1 Å². The van der Waals surface area contributed by atoms with Gasteiger partial charge in [-0.2, -0.15) is 13.2 Å². The zero-order valence-electron chi connectivity index (χ0n) is 22.3. The van der Waals surface area contributed by atoms with Crippen molar-refractivity contribution < 1.29 is 41.3 Å². The van der Waals surface area contributed by atoms with Crippen LogP contribution >= 0.6 is 0 Å². The summed E-state index contributed by atoms with van der Waals surface area (Å²) in [5.41, 5.74) is -3.15. The molecule has 1 aliphatic heterocycles. The Kier molecular flexibility index (Phi) is 9.28. The minimum absolute atomic E-state index is 0.142. The molecule has 3 aromatic carbocycles. The fourth-order valence-electron chi connectivity index (χ4n) is 4.98. The number of halogens is 4. The van der Waals surface area contributed by atoms with Gasteiger partial charge in [-0.15, -0.1) is 0 Å². The van der Waals surface area contributed by atoms with Crippen molar-refractivity contribution in [3.8, 4) is 0 Å². The molecule has 9 heteroatoms. The third kappa shape index (κ3) is 5.77. The molecule has 0 saturated carbocycles. The Balaban J connectivity index is 1.87. The first kappa shape index (κ1) is 29.7. The summed E-state index contributed by atoms with van der Waals surface area (Å²) in [6.07, 6.45) is -10.8. The number of carbonyl (C=O) groups excluding carboxylic acids is 1. The van der Waals surface area contributed by atoms with Crippen molar-refractivity contribution in [1.82, 2.24) is 0 Å². The van der Waals surface area contributed by atoms with Gasteiger partial charge in [-0.1, -0.05) is 104 Å². The standard InChI is InChI=1S/C31H32F4O5/c1-3-4-20-37-27-26(32)28(39-22(2)36)40-29(27,31(33,34)35)21-38-30(23-14-8-5-9-15-23,24-16-10-6-11-17-24)25-18-12-7-13-19-25/h5-19,26-28H,3-4,20-21H2,1-2H3/t26-,27+,28?,29-/m1/s1. The van der Waals surface area contributed by atoms with Gasteiger partial charge in [0.05, 0.1) is 6.61 Å². The van der Waals surface area contributed by atoms with Gasteiger partial charge < -0.3 is 18.9 Å². The number of hydrogen-bond donors (Lipinski definition) is 0. The molecule has 4 rings (SSSR count). The smallest absolute Gasteiger partial charge is 0.422 e. The van der Waals surface area contributed by atoms with Crippen molar-refractivity contribution in [2.45, 2.75) is 62.6 Å². The predicted octanol–water partition coefficient (Wildman–Crippen LogP) is 6.74. The first-order chi connectivity index (χ1) is 19.2. The van der Waals surface area contributed by atoms with E-state index in [1.54, 1.807) is 91.0 Å². The SMILES string of the molecule is CCCCO[C@H]1[C@@H](F)C(OC(C)=O)O[C@@]1(COC(c1ccccc1)(c1ccccc1)c1ccccc1)C(F)(F)F. The Morgan fingerprint density at radius 1 is 0.875 bits per heavy atom. The second kappa shape index (κ2) is 12.5. The molecule has 1 fully saturated rings. The van der Waals surface area contributed by atoms with E-state index in [0.717, 1.165) is 6.92 Å². The van der Waals surface area contributed by atoms with E-state index in [0.29, 0.717) is 29.5 Å². The van der Waals surface area contributed by atoms with Crippen LogP contribution in [0.25, 0.3) is 0 Å². The fourth-order valence-corrected chi connectivity index (χ4v) is 4.98. The van der Waals surface area contributed by atoms with Crippen LogP contribution in [-0.2, 0) is 29.3 Å². The number of ether oxygens (including phenoxy) is 4. The van der Waals surface area contributed by atoms with Gasteiger partial charge in [-0.05, 0) is 23.1 Å². The molecule has 1 aliphatic rings. The average molecular weight is 561 g/mol. The number of alkyl halides is 4. The number of rotatable bonds is 11. The van der Waals surface area contributed by atoms with E-state index in [-0.39, 0.29) is 6.61 Å². The minimum Gasteiger partial charge on any atom is -0.433 e. The van der Waals surface area contributed by atoms with E-state index in [1.807, 2.05) is 6.92 Å². The van der Waals surface area contributed by atoms with Crippen molar-refractivity contribution in [2.24, 2.45) is 0 Å². The summed E-state index contributed by atoms with van der Waals surface area (Å²) in [6.45, 7) is 1.51. The molecule has 0 bridgehead atoms. The Morgan fingerprint density at radius 3 is 1.75 bits per heavy atom. The third-order valence-corrected chi connectivity index (χ3v) is 6.94. The van der Waals surface area contributed by atoms with E-state index < -0.39 is 48.5 Å². The van der Waals surface area contributed by atoms with Gasteiger partial charge in [0.2, 0.25) is 11.9 Å². The van der Waals surface area contributed by atoms with Crippen molar-refractivity contribution in [3.63, 3.8) is 0 Å². The molecule has 1 heterocycles. The molecular weight excluding hydrogens is 528 g/mol. The van der Waals surface area contributed by atoms with E-state index in [9.17, 15) is 4.79 Å². The van der Waals surface area contributed by atoms with Gasteiger partial charge in [0, 0.05) is 13.5 Å². The molecular formula is C31H32F4O5. The third-order valence-electron chi connectivity index (χ3n) is 6.94. The summed E-state index contributed by atoms with van der Waals surface area (Å²) in [7, 11) is 0. The topological polar surface area (TPSA) is 54.0 Å². The van der Waals surface area contributed by atoms with Gasteiger partial charge in [-0.3, -0.25) is 4.79 Å². The second-order valence-corrected chi connectivity index (χ2v) is 9.64. The summed E-state index contributed by atoms with van der Waals surface area (Å²) in [6, 6.07) is 26.5. The Labute approximate surface area is 231 Å². The monoisotopic (exact) mass is 560 g/mol. The highest BCUT2D eigenvalue weighted by Gasteiger charge is 2.72. The number of benzene rings is 3. The minimum atomic E-state index is -5.15. The van der Waals surface area contributed by atoms with Crippen LogP contribution in [0.3, 0.4) is 0 Å². The van der Waals surface area contributed by atoms with Crippen LogP contribution < -0.4 is 0 Å². The van der Waals surface area contributed by atoms with Crippen LogP contribution in [0, 0.1) is 0 Å². The Morgan fingerprint density at radius 2 is 1.35 bits per heavy atom. The molecule has 3 aromatic rings. The van der Waals surface area contributed by atoms with E-state index >= 15 is 17.6 Å². The lowest BCUT2D eigenvalue weighted by atomic mass is 9.79. The highest BCUT2D eigenvalue weighted by atomic mass is 19.4. The average Bonchev–Trinajstić information content (AvgIpc) is 3.22. The van der Waals surface area contributed by atoms with Gasteiger partial charge in [0.15, 0.2) is 6.17 Å². The lowest BCUT2D eigenvalue weighted by Crippen LogP contribution is -2.59. The van der Waals surface area contributed by atoms with Crippen LogP contribution in [0.2, 0.25) is 0 Å². The molecule has 214 valence electrons. The summed E-state index contributed by atoms with van der Waals surface area (Å²) < 4.78 is 82.7. The maximum absolute atomic E-state index is 15.6. The summed E-state index contributed by atoms with van der Waals surface area (Å²) in [4.78, 5) is 11.6. The lowest BCUT2D eigenvalue weighted by Gasteiger charge is -2.41. The molecule has 40 heavy (non-hydrogen) atoms. The Bertz CT molecular complexity index is 1130. The van der Waals surface area contributed by atoms with E-state index in [2.05, 4.69) is 0 Å². The normalized spacial score (nSPS) is 23.2. The first-order valence-electron chi connectivity index (χ1n) is 13.1.